The maximum atomic E-state index is 12.7. The zero-order chi connectivity index (χ0) is 17.4. The van der Waals surface area contributed by atoms with Crippen molar-refractivity contribution in [3.05, 3.63) is 24.3 Å². The lowest BCUT2D eigenvalue weighted by Crippen LogP contribution is -2.56. The Morgan fingerprint density at radius 2 is 1.44 bits per heavy atom. The van der Waals surface area contributed by atoms with E-state index in [1.54, 1.807) is 7.11 Å². The van der Waals surface area contributed by atoms with Crippen molar-refractivity contribution >= 4 is 17.5 Å². The van der Waals surface area contributed by atoms with E-state index in [0.29, 0.717) is 13.1 Å². The average molecular weight is 343 g/mol. The van der Waals surface area contributed by atoms with Crippen LogP contribution in [0, 0.1) is 11.8 Å². The second-order valence-corrected chi connectivity index (χ2v) is 7.12. The molecule has 1 aromatic rings. The third-order valence-corrected chi connectivity index (χ3v) is 5.79. The van der Waals surface area contributed by atoms with Crippen LogP contribution in [0.4, 0.5) is 5.69 Å². The number of piperazine rings is 1. The van der Waals surface area contributed by atoms with E-state index in [1.807, 2.05) is 17.1 Å². The van der Waals surface area contributed by atoms with Gasteiger partial charge < -0.3 is 9.64 Å². The predicted octanol–water partition coefficient (Wildman–Crippen LogP) is 1.91. The molecule has 2 atom stereocenters. The normalized spacial score (nSPS) is 27.6. The first kappa shape index (κ1) is 16.4. The first-order chi connectivity index (χ1) is 12.2. The number of imide groups is 1. The van der Waals surface area contributed by atoms with Gasteiger partial charge in [0.2, 0.25) is 11.8 Å². The van der Waals surface area contributed by atoms with Crippen LogP contribution in [0.15, 0.2) is 24.3 Å². The van der Waals surface area contributed by atoms with Gasteiger partial charge in [0.15, 0.2) is 0 Å². The fourth-order valence-electron chi connectivity index (χ4n) is 4.37. The van der Waals surface area contributed by atoms with Gasteiger partial charge in [0.05, 0.1) is 18.9 Å². The zero-order valence-electron chi connectivity index (χ0n) is 14.7. The molecule has 1 saturated carbocycles. The number of carbonyl (C=O) groups is 2. The molecule has 1 aromatic carbocycles. The minimum Gasteiger partial charge on any atom is -0.497 e. The quantitative estimate of drug-likeness (QED) is 0.785. The molecule has 4 rings (SSSR count). The Kier molecular flexibility index (Phi) is 4.37. The molecule has 6 nitrogen and oxygen atoms in total. The Balaban J connectivity index is 1.41. The fourth-order valence-corrected chi connectivity index (χ4v) is 4.37. The van der Waals surface area contributed by atoms with E-state index in [-0.39, 0.29) is 23.7 Å². The number of rotatable bonds is 3. The maximum absolute atomic E-state index is 12.7. The molecule has 6 heteroatoms. The van der Waals surface area contributed by atoms with Gasteiger partial charge in [-0.05, 0) is 37.1 Å². The van der Waals surface area contributed by atoms with E-state index in [4.69, 9.17) is 4.74 Å². The summed E-state index contributed by atoms with van der Waals surface area (Å²) >= 11 is 0. The number of benzene rings is 1. The van der Waals surface area contributed by atoms with Crippen LogP contribution in [0.3, 0.4) is 0 Å². The van der Waals surface area contributed by atoms with Crippen LogP contribution >= 0.6 is 0 Å². The third-order valence-electron chi connectivity index (χ3n) is 5.79. The Morgan fingerprint density at radius 3 is 1.96 bits per heavy atom. The average Bonchev–Trinajstić information content (AvgIpc) is 2.93. The van der Waals surface area contributed by atoms with Crippen LogP contribution in [-0.4, -0.2) is 55.1 Å². The van der Waals surface area contributed by atoms with Crippen molar-refractivity contribution in [2.24, 2.45) is 11.8 Å². The number of fused-ring (bicyclic) bond motifs is 1. The lowest BCUT2D eigenvalue weighted by Gasteiger charge is -2.39. The van der Waals surface area contributed by atoms with E-state index in [2.05, 4.69) is 17.0 Å². The summed E-state index contributed by atoms with van der Waals surface area (Å²) in [5.41, 5.74) is 1.15. The molecule has 2 amide bonds. The predicted molar refractivity (Wildman–Crippen MR) is 94.1 cm³/mol. The van der Waals surface area contributed by atoms with Gasteiger partial charge >= 0.3 is 0 Å². The van der Waals surface area contributed by atoms with Crippen molar-refractivity contribution in [2.45, 2.75) is 25.7 Å². The van der Waals surface area contributed by atoms with Crippen LogP contribution in [0.5, 0.6) is 5.75 Å². The highest BCUT2D eigenvalue weighted by Crippen LogP contribution is 2.38. The molecule has 2 saturated heterocycles. The fraction of sp³-hybridized carbons (Fsp3) is 0.579. The molecule has 0 aromatic heterocycles. The number of ether oxygens (including phenoxy) is 1. The summed E-state index contributed by atoms with van der Waals surface area (Å²) in [4.78, 5) is 27.7. The van der Waals surface area contributed by atoms with Crippen molar-refractivity contribution in [1.29, 1.82) is 0 Å². The van der Waals surface area contributed by atoms with Crippen molar-refractivity contribution in [3.8, 4) is 5.75 Å². The summed E-state index contributed by atoms with van der Waals surface area (Å²) in [6.07, 6.45) is 3.88. The lowest BCUT2D eigenvalue weighted by molar-refractivity contribution is -0.159. The van der Waals surface area contributed by atoms with Crippen LogP contribution in [0.1, 0.15) is 25.7 Å². The number of anilines is 1. The summed E-state index contributed by atoms with van der Waals surface area (Å²) in [7, 11) is 1.66. The number of amides is 2. The van der Waals surface area contributed by atoms with Crippen molar-refractivity contribution in [2.75, 3.05) is 38.2 Å². The van der Waals surface area contributed by atoms with Crippen LogP contribution in [-0.2, 0) is 9.59 Å². The summed E-state index contributed by atoms with van der Waals surface area (Å²) in [5.74, 6) is 0.778. The minimum atomic E-state index is -0.0686. The topological polar surface area (TPSA) is 53.1 Å². The van der Waals surface area contributed by atoms with Crippen molar-refractivity contribution in [3.63, 3.8) is 0 Å². The van der Waals surface area contributed by atoms with Crippen LogP contribution in [0.2, 0.25) is 0 Å². The molecule has 2 unspecified atom stereocenters. The summed E-state index contributed by atoms with van der Waals surface area (Å²) in [6, 6.07) is 8.02. The molecular formula is C19H25N3O3. The Hall–Kier alpha value is -2.08. The van der Waals surface area contributed by atoms with E-state index >= 15 is 0 Å². The van der Waals surface area contributed by atoms with E-state index < -0.39 is 0 Å². The monoisotopic (exact) mass is 343 g/mol. The number of hydrogen-bond acceptors (Lipinski definition) is 5. The van der Waals surface area contributed by atoms with Crippen molar-refractivity contribution < 1.29 is 14.3 Å². The van der Waals surface area contributed by atoms with E-state index in [9.17, 15) is 9.59 Å². The molecule has 3 aliphatic rings. The molecule has 0 bridgehead atoms. The van der Waals surface area contributed by atoms with E-state index in [0.717, 1.165) is 50.2 Å². The first-order valence-electron chi connectivity index (χ1n) is 9.20. The highest BCUT2D eigenvalue weighted by molar-refractivity contribution is 6.04. The largest absolute Gasteiger partial charge is 0.497 e. The number of carbonyl (C=O) groups excluding carboxylic acids is 2. The Labute approximate surface area is 148 Å². The summed E-state index contributed by atoms with van der Waals surface area (Å²) < 4.78 is 5.20. The maximum Gasteiger partial charge on any atom is 0.247 e. The third kappa shape index (κ3) is 2.88. The van der Waals surface area contributed by atoms with Gasteiger partial charge in [-0.3, -0.25) is 9.59 Å². The number of hydrogen-bond donors (Lipinski definition) is 0. The molecule has 0 spiro atoms. The van der Waals surface area contributed by atoms with E-state index in [1.165, 1.54) is 5.01 Å². The summed E-state index contributed by atoms with van der Waals surface area (Å²) in [5, 5.41) is 3.44. The molecular weight excluding hydrogens is 318 g/mol. The van der Waals surface area contributed by atoms with Crippen molar-refractivity contribution in [1.82, 2.24) is 10.0 Å². The van der Waals surface area contributed by atoms with Gasteiger partial charge in [-0.25, -0.2) is 10.0 Å². The number of nitrogens with zero attached hydrogens (tertiary/aromatic N) is 3. The molecule has 1 aliphatic carbocycles. The van der Waals surface area contributed by atoms with Gasteiger partial charge in [-0.2, -0.15) is 0 Å². The zero-order valence-corrected chi connectivity index (χ0v) is 14.7. The lowest BCUT2D eigenvalue weighted by atomic mass is 9.81. The highest BCUT2D eigenvalue weighted by Gasteiger charge is 2.50. The van der Waals surface area contributed by atoms with Crippen LogP contribution in [0.25, 0.3) is 0 Å². The van der Waals surface area contributed by atoms with Crippen LogP contribution < -0.4 is 9.64 Å². The Morgan fingerprint density at radius 1 is 0.880 bits per heavy atom. The number of methoxy groups -OCH3 is 1. The summed E-state index contributed by atoms with van der Waals surface area (Å²) in [6.45, 7) is 3.00. The van der Waals surface area contributed by atoms with Gasteiger partial charge in [0, 0.05) is 31.9 Å². The standard InChI is InChI=1S/C19H25N3O3/c1-25-15-8-6-14(7-9-15)20-10-12-21(13-11-20)22-18(23)16-4-2-3-5-17(16)19(22)24/h6-9,16-17H,2-5,10-13H2,1H3. The van der Waals surface area contributed by atoms with Gasteiger partial charge in [-0.15, -0.1) is 0 Å². The molecule has 0 radical (unpaired) electrons. The van der Waals surface area contributed by atoms with Gasteiger partial charge in [0.25, 0.3) is 0 Å². The minimum absolute atomic E-state index is 0.0348. The second-order valence-electron chi connectivity index (χ2n) is 7.12. The molecule has 2 heterocycles. The molecule has 134 valence electrons. The molecule has 25 heavy (non-hydrogen) atoms. The van der Waals surface area contributed by atoms with Gasteiger partial charge in [-0.1, -0.05) is 12.8 Å². The first-order valence-corrected chi connectivity index (χ1v) is 9.20. The number of hydrazine groups is 1. The Bertz CT molecular complexity index is 628. The smallest absolute Gasteiger partial charge is 0.247 e. The molecule has 3 fully saturated rings. The highest BCUT2D eigenvalue weighted by atomic mass is 16.5. The molecule has 0 N–H and O–H groups in total. The second kappa shape index (κ2) is 6.67. The SMILES string of the molecule is COc1ccc(N2CCN(N3C(=O)C4CCCCC4C3=O)CC2)cc1. The van der Waals surface area contributed by atoms with Gasteiger partial charge in [0.1, 0.15) is 5.75 Å². The molecule has 2 aliphatic heterocycles.